The molecule has 4 heteroatoms. The number of carbonyl (C=O) groups excluding carboxylic acids is 1. The third-order valence-corrected chi connectivity index (χ3v) is 2.21. The number of esters is 1. The zero-order chi connectivity index (χ0) is 11.5. The highest BCUT2D eigenvalue weighted by molar-refractivity contribution is 5.71. The van der Waals surface area contributed by atoms with Gasteiger partial charge in [-0.1, -0.05) is 0 Å². The quantitative estimate of drug-likeness (QED) is 0.721. The summed E-state index contributed by atoms with van der Waals surface area (Å²) < 4.78 is 10.4. The third kappa shape index (κ3) is 5.14. The molecular weight excluding hydrogens is 196 g/mol. The average Bonchev–Trinajstić information content (AvgIpc) is 2.45. The molecular formula is C11H20O4. The first-order chi connectivity index (χ1) is 6.87. The summed E-state index contributed by atoms with van der Waals surface area (Å²) >= 11 is 0. The van der Waals surface area contributed by atoms with Crippen molar-refractivity contribution >= 4 is 5.97 Å². The monoisotopic (exact) mass is 216 g/mol. The van der Waals surface area contributed by atoms with Gasteiger partial charge in [0.05, 0.1) is 12.2 Å². The van der Waals surface area contributed by atoms with Gasteiger partial charge in [-0.3, -0.25) is 0 Å². The summed E-state index contributed by atoms with van der Waals surface area (Å²) in [6.07, 6.45) is 1.95. The lowest BCUT2D eigenvalue weighted by atomic mass is 10.2. The summed E-state index contributed by atoms with van der Waals surface area (Å²) in [5.41, 5.74) is -0.463. The fourth-order valence-electron chi connectivity index (χ4n) is 1.63. The van der Waals surface area contributed by atoms with Gasteiger partial charge >= 0.3 is 5.97 Å². The molecule has 0 aromatic rings. The van der Waals surface area contributed by atoms with Gasteiger partial charge in [0.2, 0.25) is 0 Å². The molecule has 15 heavy (non-hydrogen) atoms. The maximum Gasteiger partial charge on any atom is 0.332 e. The molecule has 1 rings (SSSR count). The van der Waals surface area contributed by atoms with Crippen molar-refractivity contribution in [3.63, 3.8) is 0 Å². The SMILES string of the molecule is CC(C)(C)OC(=O)CO[C@H]1CC[C@@H](O)C1. The van der Waals surface area contributed by atoms with Crippen LogP contribution in [-0.2, 0) is 14.3 Å². The van der Waals surface area contributed by atoms with Gasteiger partial charge < -0.3 is 14.6 Å². The third-order valence-electron chi connectivity index (χ3n) is 2.21. The van der Waals surface area contributed by atoms with Crippen molar-refractivity contribution < 1.29 is 19.4 Å². The highest BCUT2D eigenvalue weighted by atomic mass is 16.6. The van der Waals surface area contributed by atoms with Crippen LogP contribution in [0.25, 0.3) is 0 Å². The van der Waals surface area contributed by atoms with Crippen LogP contribution in [0.15, 0.2) is 0 Å². The van der Waals surface area contributed by atoms with E-state index < -0.39 is 5.60 Å². The Morgan fingerprint density at radius 2 is 2.07 bits per heavy atom. The van der Waals surface area contributed by atoms with Crippen LogP contribution in [0, 0.1) is 0 Å². The van der Waals surface area contributed by atoms with E-state index >= 15 is 0 Å². The highest BCUT2D eigenvalue weighted by Crippen LogP contribution is 2.21. The topological polar surface area (TPSA) is 55.8 Å². The van der Waals surface area contributed by atoms with E-state index in [9.17, 15) is 9.90 Å². The lowest BCUT2D eigenvalue weighted by Gasteiger charge is -2.20. The van der Waals surface area contributed by atoms with Gasteiger partial charge in [0, 0.05) is 0 Å². The van der Waals surface area contributed by atoms with E-state index in [4.69, 9.17) is 9.47 Å². The minimum absolute atomic E-state index is 0.00696. The van der Waals surface area contributed by atoms with E-state index in [0.29, 0.717) is 6.42 Å². The predicted octanol–water partition coefficient (Wildman–Crippen LogP) is 1.26. The van der Waals surface area contributed by atoms with Gasteiger partial charge in [-0.2, -0.15) is 0 Å². The number of hydrogen-bond donors (Lipinski definition) is 1. The molecule has 1 aliphatic carbocycles. The molecule has 1 saturated carbocycles. The molecule has 0 amide bonds. The molecule has 2 atom stereocenters. The number of carbonyl (C=O) groups is 1. The highest BCUT2D eigenvalue weighted by Gasteiger charge is 2.25. The lowest BCUT2D eigenvalue weighted by molar-refractivity contribution is -0.162. The van der Waals surface area contributed by atoms with Crippen molar-refractivity contribution in [2.45, 2.75) is 57.8 Å². The Kier molecular flexibility index (Phi) is 4.11. The van der Waals surface area contributed by atoms with Crippen molar-refractivity contribution in [2.24, 2.45) is 0 Å². The summed E-state index contributed by atoms with van der Waals surface area (Å²) in [6, 6.07) is 0. The number of hydrogen-bond acceptors (Lipinski definition) is 4. The number of ether oxygens (including phenoxy) is 2. The zero-order valence-corrected chi connectivity index (χ0v) is 9.66. The first kappa shape index (κ1) is 12.5. The molecule has 0 aromatic carbocycles. The summed E-state index contributed by atoms with van der Waals surface area (Å²) in [4.78, 5) is 11.3. The molecule has 0 radical (unpaired) electrons. The number of rotatable bonds is 3. The van der Waals surface area contributed by atoms with Crippen LogP contribution in [0.1, 0.15) is 40.0 Å². The van der Waals surface area contributed by atoms with Gasteiger partial charge in [0.1, 0.15) is 12.2 Å². The molecule has 0 bridgehead atoms. The fraction of sp³-hybridized carbons (Fsp3) is 0.909. The number of aliphatic hydroxyl groups excluding tert-OH is 1. The molecule has 0 heterocycles. The molecule has 0 spiro atoms. The summed E-state index contributed by atoms with van der Waals surface area (Å²) in [5, 5.41) is 9.26. The standard InChI is InChI=1S/C11H20O4/c1-11(2,3)15-10(13)7-14-9-5-4-8(12)6-9/h8-9,12H,4-7H2,1-3H3/t8-,9+/m1/s1. The van der Waals surface area contributed by atoms with Crippen molar-refractivity contribution in [1.82, 2.24) is 0 Å². The van der Waals surface area contributed by atoms with Crippen molar-refractivity contribution in [3.8, 4) is 0 Å². The van der Waals surface area contributed by atoms with Crippen LogP contribution in [0.3, 0.4) is 0 Å². The average molecular weight is 216 g/mol. The predicted molar refractivity (Wildman–Crippen MR) is 55.4 cm³/mol. The second-order valence-corrected chi connectivity index (χ2v) is 4.99. The van der Waals surface area contributed by atoms with Crippen molar-refractivity contribution in [3.05, 3.63) is 0 Å². The second-order valence-electron chi connectivity index (χ2n) is 4.99. The second kappa shape index (κ2) is 4.94. The minimum atomic E-state index is -0.463. The van der Waals surface area contributed by atoms with Crippen LogP contribution < -0.4 is 0 Å². The van der Waals surface area contributed by atoms with Gasteiger partial charge in [-0.15, -0.1) is 0 Å². The Labute approximate surface area is 90.6 Å². The summed E-state index contributed by atoms with van der Waals surface area (Å²) in [5.74, 6) is -0.344. The molecule has 1 fully saturated rings. The summed E-state index contributed by atoms with van der Waals surface area (Å²) in [6.45, 7) is 5.45. The Balaban J connectivity index is 2.17. The Morgan fingerprint density at radius 3 is 2.53 bits per heavy atom. The van der Waals surface area contributed by atoms with E-state index in [-0.39, 0.29) is 24.8 Å². The smallest absolute Gasteiger partial charge is 0.332 e. The first-order valence-corrected chi connectivity index (χ1v) is 5.38. The van der Waals surface area contributed by atoms with Crippen molar-refractivity contribution in [1.29, 1.82) is 0 Å². The fourth-order valence-corrected chi connectivity index (χ4v) is 1.63. The van der Waals surface area contributed by atoms with E-state index in [1.807, 2.05) is 20.8 Å². The molecule has 0 saturated heterocycles. The molecule has 4 nitrogen and oxygen atoms in total. The number of aliphatic hydroxyl groups is 1. The first-order valence-electron chi connectivity index (χ1n) is 5.38. The van der Waals surface area contributed by atoms with E-state index in [1.54, 1.807) is 0 Å². The van der Waals surface area contributed by atoms with Crippen molar-refractivity contribution in [2.75, 3.05) is 6.61 Å². The van der Waals surface area contributed by atoms with Crippen LogP contribution in [0.2, 0.25) is 0 Å². The molecule has 88 valence electrons. The molecule has 1 aliphatic rings. The molecule has 1 N–H and O–H groups in total. The molecule has 0 aromatic heterocycles. The van der Waals surface area contributed by atoms with E-state index in [1.165, 1.54) is 0 Å². The lowest BCUT2D eigenvalue weighted by Crippen LogP contribution is -2.28. The molecule has 0 aliphatic heterocycles. The maximum atomic E-state index is 11.3. The molecule has 0 unspecified atom stereocenters. The van der Waals surface area contributed by atoms with Crippen LogP contribution in [0.4, 0.5) is 0 Å². The Bertz CT molecular complexity index is 219. The van der Waals surface area contributed by atoms with Gasteiger partial charge in [-0.25, -0.2) is 4.79 Å². The largest absolute Gasteiger partial charge is 0.458 e. The van der Waals surface area contributed by atoms with Crippen LogP contribution in [-0.4, -0.2) is 35.5 Å². The summed E-state index contributed by atoms with van der Waals surface area (Å²) in [7, 11) is 0. The van der Waals surface area contributed by atoms with Gasteiger partial charge in [0.25, 0.3) is 0 Å². The minimum Gasteiger partial charge on any atom is -0.458 e. The maximum absolute atomic E-state index is 11.3. The normalized spacial score (nSPS) is 26.7. The van der Waals surface area contributed by atoms with E-state index in [0.717, 1.165) is 12.8 Å². The Morgan fingerprint density at radius 1 is 1.40 bits per heavy atom. The van der Waals surface area contributed by atoms with Crippen LogP contribution in [0.5, 0.6) is 0 Å². The van der Waals surface area contributed by atoms with E-state index in [2.05, 4.69) is 0 Å². The Hall–Kier alpha value is -0.610. The van der Waals surface area contributed by atoms with Gasteiger partial charge in [-0.05, 0) is 40.0 Å². The zero-order valence-electron chi connectivity index (χ0n) is 9.66. The van der Waals surface area contributed by atoms with Crippen LogP contribution >= 0.6 is 0 Å². The van der Waals surface area contributed by atoms with Gasteiger partial charge in [0.15, 0.2) is 0 Å².